The molecule has 3 rings (SSSR count). The number of carbonyl (C=O) groups excluding carboxylic acids is 1. The summed E-state index contributed by atoms with van der Waals surface area (Å²) in [7, 11) is 0. The molecule has 144 valence electrons. The number of aromatic nitrogens is 4. The first-order chi connectivity index (χ1) is 13.3. The normalized spacial score (nSPS) is 10.7. The molecule has 0 aliphatic carbocycles. The Hall–Kier alpha value is -3.27. The van der Waals surface area contributed by atoms with Crippen molar-refractivity contribution in [1.29, 1.82) is 0 Å². The predicted octanol–water partition coefficient (Wildman–Crippen LogP) is 3.23. The molecule has 1 N–H and O–H groups in total. The maximum Gasteiger partial charge on any atom is 0.269 e. The van der Waals surface area contributed by atoms with Crippen LogP contribution in [0.15, 0.2) is 41.6 Å². The third kappa shape index (κ3) is 4.52. The molecule has 0 unspecified atom stereocenters. The Labute approximate surface area is 165 Å². The molecule has 0 radical (unpaired) electrons. The summed E-state index contributed by atoms with van der Waals surface area (Å²) in [5, 5.41) is 25.8. The lowest BCUT2D eigenvalue weighted by atomic mass is 10.1. The van der Waals surface area contributed by atoms with Gasteiger partial charge in [-0.1, -0.05) is 17.8 Å². The van der Waals surface area contributed by atoms with Crippen LogP contribution in [0.25, 0.3) is 5.69 Å². The van der Waals surface area contributed by atoms with Crippen LogP contribution in [-0.2, 0) is 4.79 Å². The second-order valence-electron chi connectivity index (χ2n) is 6.31. The van der Waals surface area contributed by atoms with E-state index >= 15 is 0 Å². The highest BCUT2D eigenvalue weighted by atomic mass is 32.2. The lowest BCUT2D eigenvalue weighted by Gasteiger charge is -2.09. The first-order valence-corrected chi connectivity index (χ1v) is 9.37. The number of amides is 1. The summed E-state index contributed by atoms with van der Waals surface area (Å²) in [4.78, 5) is 22.6. The summed E-state index contributed by atoms with van der Waals surface area (Å²) in [6, 6.07) is 10.3. The first kappa shape index (κ1) is 19.5. The van der Waals surface area contributed by atoms with Crippen LogP contribution in [0.1, 0.15) is 16.7 Å². The van der Waals surface area contributed by atoms with E-state index in [0.717, 1.165) is 16.8 Å². The van der Waals surface area contributed by atoms with Gasteiger partial charge in [0.05, 0.1) is 16.4 Å². The van der Waals surface area contributed by atoms with Gasteiger partial charge >= 0.3 is 0 Å². The predicted molar refractivity (Wildman–Crippen MR) is 106 cm³/mol. The fraction of sp³-hybridized carbons (Fsp3) is 0.222. The molecular formula is C18H18N6O3S. The number of hydrogen-bond acceptors (Lipinski definition) is 7. The first-order valence-electron chi connectivity index (χ1n) is 8.38. The zero-order valence-electron chi connectivity index (χ0n) is 15.5. The number of rotatable bonds is 6. The number of nitro groups is 1. The van der Waals surface area contributed by atoms with E-state index in [-0.39, 0.29) is 17.3 Å². The Morgan fingerprint density at radius 3 is 2.54 bits per heavy atom. The van der Waals surface area contributed by atoms with Gasteiger partial charge in [0.25, 0.3) is 5.69 Å². The van der Waals surface area contributed by atoms with Crippen molar-refractivity contribution in [2.24, 2.45) is 0 Å². The monoisotopic (exact) mass is 398 g/mol. The van der Waals surface area contributed by atoms with Gasteiger partial charge < -0.3 is 5.32 Å². The minimum absolute atomic E-state index is 0.0162. The standard InChI is InChI=1S/C18H18N6O3S/c1-11-6-12(2)8-15(7-11)23-18(20-21-22-23)28-10-17(25)19-16-5-4-14(24(26)27)9-13(16)3/h4-9H,10H2,1-3H3,(H,19,25). The molecule has 3 aromatic rings. The molecule has 0 atom stereocenters. The van der Waals surface area contributed by atoms with Gasteiger partial charge in [0.15, 0.2) is 0 Å². The van der Waals surface area contributed by atoms with Crippen LogP contribution in [0, 0.1) is 30.9 Å². The number of aryl methyl sites for hydroxylation is 3. The molecule has 10 heteroatoms. The Bertz CT molecular complexity index is 1030. The van der Waals surface area contributed by atoms with Crippen LogP contribution in [0.5, 0.6) is 0 Å². The zero-order chi connectivity index (χ0) is 20.3. The van der Waals surface area contributed by atoms with E-state index in [2.05, 4.69) is 26.9 Å². The summed E-state index contributed by atoms with van der Waals surface area (Å²) in [5.74, 6) is -0.154. The van der Waals surface area contributed by atoms with E-state index in [1.54, 1.807) is 11.6 Å². The summed E-state index contributed by atoms with van der Waals surface area (Å²) in [6.07, 6.45) is 0. The molecule has 0 fully saturated rings. The van der Waals surface area contributed by atoms with Crippen molar-refractivity contribution in [1.82, 2.24) is 20.2 Å². The van der Waals surface area contributed by atoms with Gasteiger partial charge in [0.2, 0.25) is 11.1 Å². The molecule has 0 saturated heterocycles. The van der Waals surface area contributed by atoms with Crippen LogP contribution in [-0.4, -0.2) is 36.8 Å². The van der Waals surface area contributed by atoms with Gasteiger partial charge in [-0.25, -0.2) is 0 Å². The lowest BCUT2D eigenvalue weighted by molar-refractivity contribution is -0.384. The van der Waals surface area contributed by atoms with E-state index in [0.29, 0.717) is 16.4 Å². The van der Waals surface area contributed by atoms with E-state index in [4.69, 9.17) is 0 Å². The largest absolute Gasteiger partial charge is 0.325 e. The van der Waals surface area contributed by atoms with Gasteiger partial charge in [0.1, 0.15) is 0 Å². The van der Waals surface area contributed by atoms with Gasteiger partial charge in [-0.05, 0) is 66.1 Å². The second kappa shape index (κ2) is 8.17. The molecule has 0 saturated carbocycles. The highest BCUT2D eigenvalue weighted by molar-refractivity contribution is 7.99. The van der Waals surface area contributed by atoms with Gasteiger partial charge in [-0.15, -0.1) is 5.10 Å². The number of nitro benzene ring substituents is 1. The minimum atomic E-state index is -0.471. The van der Waals surface area contributed by atoms with Crippen molar-refractivity contribution in [2.75, 3.05) is 11.1 Å². The number of benzene rings is 2. The van der Waals surface area contributed by atoms with E-state index in [1.807, 2.05) is 26.0 Å². The molecule has 0 aliphatic heterocycles. The molecule has 9 nitrogen and oxygen atoms in total. The molecule has 0 spiro atoms. The Morgan fingerprint density at radius 2 is 1.89 bits per heavy atom. The molecule has 1 amide bonds. The van der Waals surface area contributed by atoms with Crippen molar-refractivity contribution >= 4 is 29.0 Å². The highest BCUT2D eigenvalue weighted by Crippen LogP contribution is 2.23. The van der Waals surface area contributed by atoms with E-state index < -0.39 is 4.92 Å². The summed E-state index contributed by atoms with van der Waals surface area (Å²) < 4.78 is 1.59. The number of carbonyl (C=O) groups is 1. The summed E-state index contributed by atoms with van der Waals surface area (Å²) in [5.41, 5.74) is 4.15. The number of tetrazole rings is 1. The second-order valence-corrected chi connectivity index (χ2v) is 7.25. The highest BCUT2D eigenvalue weighted by Gasteiger charge is 2.14. The SMILES string of the molecule is Cc1cc(C)cc(-n2nnnc2SCC(=O)Nc2ccc([N+](=O)[O-])cc2C)c1. The number of non-ortho nitro benzene ring substituents is 1. The topological polar surface area (TPSA) is 116 Å². The van der Waals surface area contributed by atoms with Crippen molar-refractivity contribution < 1.29 is 9.72 Å². The van der Waals surface area contributed by atoms with Gasteiger partial charge in [0, 0.05) is 17.8 Å². The third-order valence-electron chi connectivity index (χ3n) is 3.92. The average molecular weight is 398 g/mol. The van der Waals surface area contributed by atoms with Crippen LogP contribution >= 0.6 is 11.8 Å². The van der Waals surface area contributed by atoms with Gasteiger partial charge in [-0.2, -0.15) is 4.68 Å². The van der Waals surface area contributed by atoms with E-state index in [1.165, 1.54) is 30.0 Å². The minimum Gasteiger partial charge on any atom is -0.325 e. The van der Waals surface area contributed by atoms with Crippen molar-refractivity contribution in [3.05, 3.63) is 63.2 Å². The Balaban J connectivity index is 1.68. The fourth-order valence-electron chi connectivity index (χ4n) is 2.72. The number of anilines is 1. The van der Waals surface area contributed by atoms with Crippen LogP contribution in [0.2, 0.25) is 0 Å². The van der Waals surface area contributed by atoms with Crippen molar-refractivity contribution in [3.63, 3.8) is 0 Å². The molecule has 0 aliphatic rings. The maximum absolute atomic E-state index is 12.3. The molecule has 28 heavy (non-hydrogen) atoms. The number of nitrogens with one attached hydrogen (secondary N) is 1. The summed E-state index contributed by atoms with van der Waals surface area (Å²) in [6.45, 7) is 5.69. The summed E-state index contributed by atoms with van der Waals surface area (Å²) >= 11 is 1.21. The lowest BCUT2D eigenvalue weighted by Crippen LogP contribution is -2.15. The zero-order valence-corrected chi connectivity index (χ0v) is 16.4. The van der Waals surface area contributed by atoms with E-state index in [9.17, 15) is 14.9 Å². The number of hydrogen-bond donors (Lipinski definition) is 1. The average Bonchev–Trinajstić information content (AvgIpc) is 3.09. The molecule has 2 aromatic carbocycles. The smallest absolute Gasteiger partial charge is 0.269 e. The van der Waals surface area contributed by atoms with Crippen LogP contribution < -0.4 is 5.32 Å². The quantitative estimate of drug-likeness (QED) is 0.385. The number of nitrogens with zero attached hydrogens (tertiary/aromatic N) is 5. The fourth-order valence-corrected chi connectivity index (χ4v) is 3.41. The van der Waals surface area contributed by atoms with Crippen LogP contribution in [0.3, 0.4) is 0 Å². The Morgan fingerprint density at radius 1 is 1.18 bits per heavy atom. The number of thioether (sulfide) groups is 1. The van der Waals surface area contributed by atoms with Crippen molar-refractivity contribution in [2.45, 2.75) is 25.9 Å². The molecule has 1 aromatic heterocycles. The van der Waals surface area contributed by atoms with Crippen LogP contribution in [0.4, 0.5) is 11.4 Å². The Kier molecular flexibility index (Phi) is 5.69. The maximum atomic E-state index is 12.3. The van der Waals surface area contributed by atoms with Crippen molar-refractivity contribution in [3.8, 4) is 5.69 Å². The third-order valence-corrected chi connectivity index (χ3v) is 4.84. The molecule has 0 bridgehead atoms. The molecule has 1 heterocycles. The molecular weight excluding hydrogens is 380 g/mol. The van der Waals surface area contributed by atoms with Gasteiger partial charge in [-0.3, -0.25) is 14.9 Å².